The molecule has 2 aliphatic rings. The Hall–Kier alpha value is -2.15. The van der Waals surface area contributed by atoms with Crippen molar-refractivity contribution in [3.8, 4) is 0 Å². The molecule has 0 spiro atoms. The highest BCUT2D eigenvalue weighted by atomic mass is 19.1. The largest absolute Gasteiger partial charge is 0.383 e. The van der Waals surface area contributed by atoms with Crippen LogP contribution in [0.3, 0.4) is 0 Å². The van der Waals surface area contributed by atoms with E-state index in [0.29, 0.717) is 32.5 Å². The van der Waals surface area contributed by atoms with Crippen LogP contribution in [0.4, 0.5) is 9.18 Å². The maximum absolute atomic E-state index is 13.2. The van der Waals surface area contributed by atoms with Gasteiger partial charge in [0.2, 0.25) is 5.91 Å². The third kappa shape index (κ3) is 3.92. The number of urea groups is 1. The summed E-state index contributed by atoms with van der Waals surface area (Å²) in [6.45, 7) is 1.98. The maximum atomic E-state index is 13.2. The van der Waals surface area contributed by atoms with Crippen molar-refractivity contribution in [2.24, 2.45) is 0 Å². The highest BCUT2D eigenvalue weighted by Crippen LogP contribution is 2.31. The first-order valence-corrected chi connectivity index (χ1v) is 8.67. The first-order valence-electron chi connectivity index (χ1n) is 8.67. The van der Waals surface area contributed by atoms with Crippen LogP contribution in [0.5, 0.6) is 0 Å². The molecule has 3 rings (SSSR count). The Morgan fingerprint density at radius 3 is 2.96 bits per heavy atom. The van der Waals surface area contributed by atoms with Crippen molar-refractivity contribution in [2.75, 3.05) is 26.8 Å². The molecule has 2 aliphatic heterocycles. The lowest BCUT2D eigenvalue weighted by Crippen LogP contribution is -2.55. The van der Waals surface area contributed by atoms with Gasteiger partial charge in [-0.2, -0.15) is 0 Å². The zero-order valence-electron chi connectivity index (χ0n) is 14.4. The molecule has 2 fully saturated rings. The van der Waals surface area contributed by atoms with Crippen LogP contribution in [0, 0.1) is 5.82 Å². The predicted molar refractivity (Wildman–Crippen MR) is 90.4 cm³/mol. The number of hydrogen-bond donors (Lipinski definition) is 1. The highest BCUT2D eigenvalue weighted by molar-refractivity contribution is 5.79. The Morgan fingerprint density at radius 1 is 1.36 bits per heavy atom. The number of methoxy groups -OCH3 is 1. The number of likely N-dealkylation sites (tertiary alicyclic amines) is 2. The maximum Gasteiger partial charge on any atom is 0.317 e. The summed E-state index contributed by atoms with van der Waals surface area (Å²) in [7, 11) is 1.62. The van der Waals surface area contributed by atoms with Crippen molar-refractivity contribution in [3.05, 3.63) is 35.6 Å². The lowest BCUT2D eigenvalue weighted by molar-refractivity contribution is -0.138. The number of amides is 3. The Labute approximate surface area is 146 Å². The number of benzene rings is 1. The predicted octanol–water partition coefficient (Wildman–Crippen LogP) is 1.75. The number of carbonyl (C=O) groups excluding carboxylic acids is 2. The minimum atomic E-state index is -0.312. The van der Waals surface area contributed by atoms with E-state index >= 15 is 0 Å². The van der Waals surface area contributed by atoms with Gasteiger partial charge in [-0.1, -0.05) is 12.1 Å². The summed E-state index contributed by atoms with van der Waals surface area (Å²) in [6, 6.07) is 6.16. The molecule has 2 heterocycles. The van der Waals surface area contributed by atoms with Gasteiger partial charge in [-0.05, 0) is 30.5 Å². The van der Waals surface area contributed by atoms with Crippen LogP contribution < -0.4 is 5.32 Å². The first kappa shape index (κ1) is 17.7. The summed E-state index contributed by atoms with van der Waals surface area (Å²) in [6.07, 6.45) is 1.94. The molecular formula is C18H24FN3O3. The van der Waals surface area contributed by atoms with Gasteiger partial charge in [0.25, 0.3) is 0 Å². The summed E-state index contributed by atoms with van der Waals surface area (Å²) in [5.41, 5.74) is 0.727. The minimum absolute atomic E-state index is 0.0436. The van der Waals surface area contributed by atoms with E-state index in [4.69, 9.17) is 4.74 Å². The van der Waals surface area contributed by atoms with Gasteiger partial charge < -0.3 is 19.9 Å². The van der Waals surface area contributed by atoms with Gasteiger partial charge in [0.15, 0.2) is 0 Å². The van der Waals surface area contributed by atoms with Crippen LogP contribution in [-0.4, -0.2) is 60.6 Å². The second-order valence-corrected chi connectivity index (χ2v) is 6.52. The van der Waals surface area contributed by atoms with E-state index in [0.717, 1.165) is 12.0 Å². The van der Waals surface area contributed by atoms with Crippen molar-refractivity contribution in [1.82, 2.24) is 15.1 Å². The Bertz CT molecular complexity index is 640. The van der Waals surface area contributed by atoms with E-state index in [1.807, 2.05) is 9.80 Å². The number of ether oxygens (including phenoxy) is 1. The molecule has 0 aromatic heterocycles. The molecule has 2 saturated heterocycles. The molecule has 0 aliphatic carbocycles. The molecule has 3 amide bonds. The van der Waals surface area contributed by atoms with Crippen LogP contribution in [-0.2, 0) is 16.1 Å². The van der Waals surface area contributed by atoms with Crippen molar-refractivity contribution >= 4 is 11.9 Å². The first-order chi connectivity index (χ1) is 12.1. The molecule has 1 aromatic rings. The average molecular weight is 349 g/mol. The smallest absolute Gasteiger partial charge is 0.317 e. The van der Waals surface area contributed by atoms with E-state index in [-0.39, 0.29) is 36.4 Å². The SMILES string of the molecule is COCCN1C(=O)CC[C@@H]2[C@H]1CCN2C(=O)NCc1cccc(F)c1. The number of nitrogens with one attached hydrogen (secondary N) is 1. The third-order valence-electron chi connectivity index (χ3n) is 5.01. The zero-order chi connectivity index (χ0) is 17.8. The Balaban J connectivity index is 1.60. The molecule has 7 heteroatoms. The molecule has 0 saturated carbocycles. The number of fused-ring (bicyclic) bond motifs is 1. The number of nitrogens with zero attached hydrogens (tertiary/aromatic N) is 2. The van der Waals surface area contributed by atoms with Crippen molar-refractivity contribution in [2.45, 2.75) is 37.9 Å². The average Bonchev–Trinajstić information content (AvgIpc) is 3.03. The normalized spacial score (nSPS) is 22.9. The molecule has 0 radical (unpaired) electrons. The van der Waals surface area contributed by atoms with E-state index < -0.39 is 0 Å². The topological polar surface area (TPSA) is 61.9 Å². The lowest BCUT2D eigenvalue weighted by Gasteiger charge is -2.39. The Morgan fingerprint density at radius 2 is 2.20 bits per heavy atom. The van der Waals surface area contributed by atoms with Gasteiger partial charge in [-0.15, -0.1) is 0 Å². The summed E-state index contributed by atoms with van der Waals surface area (Å²) < 4.78 is 18.3. The molecule has 6 nitrogen and oxygen atoms in total. The number of carbonyl (C=O) groups is 2. The summed E-state index contributed by atoms with van der Waals surface area (Å²) in [5.74, 6) is -0.173. The van der Waals surface area contributed by atoms with Crippen molar-refractivity contribution in [3.63, 3.8) is 0 Å². The molecule has 2 atom stereocenters. The summed E-state index contributed by atoms with van der Waals surface area (Å²) >= 11 is 0. The molecule has 1 aromatic carbocycles. The molecular weight excluding hydrogens is 325 g/mol. The fourth-order valence-electron chi connectivity index (χ4n) is 3.81. The van der Waals surface area contributed by atoms with Crippen LogP contribution >= 0.6 is 0 Å². The Kier molecular flexibility index (Phi) is 5.53. The van der Waals surface area contributed by atoms with Crippen LogP contribution in [0.15, 0.2) is 24.3 Å². The molecule has 0 unspecified atom stereocenters. The number of rotatable bonds is 5. The molecule has 25 heavy (non-hydrogen) atoms. The molecule has 136 valence electrons. The second kappa shape index (κ2) is 7.82. The molecule has 0 bridgehead atoms. The second-order valence-electron chi connectivity index (χ2n) is 6.52. The number of hydrogen-bond acceptors (Lipinski definition) is 3. The fraction of sp³-hybridized carbons (Fsp3) is 0.556. The summed E-state index contributed by atoms with van der Waals surface area (Å²) in [5, 5.41) is 2.86. The quantitative estimate of drug-likeness (QED) is 0.881. The van der Waals surface area contributed by atoms with Crippen LogP contribution in [0.1, 0.15) is 24.8 Å². The third-order valence-corrected chi connectivity index (χ3v) is 5.01. The van der Waals surface area contributed by atoms with Crippen molar-refractivity contribution in [1.29, 1.82) is 0 Å². The van der Waals surface area contributed by atoms with E-state index in [9.17, 15) is 14.0 Å². The van der Waals surface area contributed by atoms with Crippen LogP contribution in [0.25, 0.3) is 0 Å². The van der Waals surface area contributed by atoms with E-state index in [1.54, 1.807) is 19.2 Å². The van der Waals surface area contributed by atoms with Gasteiger partial charge in [0, 0.05) is 33.2 Å². The van der Waals surface area contributed by atoms with Crippen molar-refractivity contribution < 1.29 is 18.7 Å². The number of piperidine rings is 1. The standard InChI is InChI=1S/C18H24FN3O3/c1-25-10-9-21-16-7-8-22(15(16)5-6-17(21)23)18(24)20-12-13-3-2-4-14(19)11-13/h2-4,11,15-16H,5-10,12H2,1H3,(H,20,24)/t15-,16-/m1/s1. The summed E-state index contributed by atoms with van der Waals surface area (Å²) in [4.78, 5) is 28.4. The fourth-order valence-corrected chi connectivity index (χ4v) is 3.81. The van der Waals surface area contributed by atoms with Gasteiger partial charge in [0.05, 0.1) is 18.7 Å². The van der Waals surface area contributed by atoms with Gasteiger partial charge >= 0.3 is 6.03 Å². The van der Waals surface area contributed by atoms with E-state index in [2.05, 4.69) is 5.32 Å². The highest BCUT2D eigenvalue weighted by Gasteiger charge is 2.44. The zero-order valence-corrected chi connectivity index (χ0v) is 14.4. The number of halogens is 1. The lowest BCUT2D eigenvalue weighted by atomic mass is 9.96. The molecule has 1 N–H and O–H groups in total. The minimum Gasteiger partial charge on any atom is -0.383 e. The monoisotopic (exact) mass is 349 g/mol. The van der Waals surface area contributed by atoms with E-state index in [1.165, 1.54) is 12.1 Å². The van der Waals surface area contributed by atoms with Gasteiger partial charge in [-0.25, -0.2) is 9.18 Å². The van der Waals surface area contributed by atoms with Gasteiger partial charge in [0.1, 0.15) is 5.82 Å². The van der Waals surface area contributed by atoms with Crippen LogP contribution in [0.2, 0.25) is 0 Å². The van der Waals surface area contributed by atoms with Gasteiger partial charge in [-0.3, -0.25) is 4.79 Å².